The van der Waals surface area contributed by atoms with Gasteiger partial charge in [0.1, 0.15) is 6.61 Å². The van der Waals surface area contributed by atoms with Gasteiger partial charge in [0.25, 0.3) is 5.56 Å². The number of hydrogen-bond acceptors (Lipinski definition) is 6. The van der Waals surface area contributed by atoms with E-state index in [2.05, 4.69) is 16.2 Å². The zero-order chi connectivity index (χ0) is 29.0. The third kappa shape index (κ3) is 5.79. The number of nitriles is 1. The van der Waals surface area contributed by atoms with Crippen LogP contribution in [0.2, 0.25) is 0 Å². The average Bonchev–Trinajstić information content (AvgIpc) is 2.99. The molecule has 0 aliphatic carbocycles. The van der Waals surface area contributed by atoms with Crippen molar-refractivity contribution in [3.8, 4) is 29.0 Å². The quantitative estimate of drug-likeness (QED) is 0.217. The highest BCUT2D eigenvalue weighted by Crippen LogP contribution is 2.32. The second-order valence-electron chi connectivity index (χ2n) is 8.86. The third-order valence-corrected chi connectivity index (χ3v) is 6.23. The van der Waals surface area contributed by atoms with Crippen molar-refractivity contribution in [2.45, 2.75) is 12.8 Å². The van der Waals surface area contributed by atoms with E-state index in [1.165, 1.54) is 25.5 Å². The first-order valence-corrected chi connectivity index (χ1v) is 12.3. The molecule has 0 aliphatic heterocycles. The number of rotatable bonds is 7. The maximum Gasteiger partial charge on any atom is 0.416 e. The average molecular weight is 555 g/mol. The summed E-state index contributed by atoms with van der Waals surface area (Å²) in [5.41, 5.74) is 0.750. The molecule has 0 atom stereocenters. The Morgan fingerprint density at radius 3 is 2.54 bits per heavy atom. The molecule has 0 amide bonds. The number of hydrogen-bond donors (Lipinski definition) is 0. The molecule has 0 N–H and O–H groups in total. The Morgan fingerprint density at radius 1 is 0.976 bits per heavy atom. The van der Waals surface area contributed by atoms with E-state index in [-0.39, 0.29) is 23.4 Å². The molecule has 5 rings (SSSR count). The molecule has 0 radical (unpaired) electrons. The number of para-hydroxylation sites is 1. The van der Waals surface area contributed by atoms with E-state index < -0.39 is 17.3 Å². The van der Waals surface area contributed by atoms with Gasteiger partial charge in [-0.05, 0) is 54.1 Å². The molecule has 10 heteroatoms. The van der Waals surface area contributed by atoms with Gasteiger partial charge in [-0.1, -0.05) is 42.5 Å². The van der Waals surface area contributed by atoms with Crippen molar-refractivity contribution in [2.24, 2.45) is 5.10 Å². The van der Waals surface area contributed by atoms with Crippen LogP contribution in [0.15, 0.2) is 101 Å². The first-order chi connectivity index (χ1) is 19.8. The Bertz CT molecular complexity index is 1870. The van der Waals surface area contributed by atoms with Gasteiger partial charge < -0.3 is 9.47 Å². The number of ether oxygens (including phenoxy) is 2. The van der Waals surface area contributed by atoms with Crippen molar-refractivity contribution < 1.29 is 22.6 Å². The van der Waals surface area contributed by atoms with Crippen LogP contribution in [-0.2, 0) is 12.8 Å². The van der Waals surface area contributed by atoms with E-state index >= 15 is 0 Å². The fourth-order valence-corrected chi connectivity index (χ4v) is 4.17. The van der Waals surface area contributed by atoms with Crippen molar-refractivity contribution >= 4 is 17.1 Å². The molecular formula is C31H21F3N4O3. The van der Waals surface area contributed by atoms with E-state index in [1.54, 1.807) is 60.7 Å². The number of alkyl halides is 3. The van der Waals surface area contributed by atoms with Crippen LogP contribution < -0.4 is 15.0 Å². The molecule has 204 valence electrons. The van der Waals surface area contributed by atoms with Crippen molar-refractivity contribution in [2.75, 3.05) is 7.11 Å². The van der Waals surface area contributed by atoms with Crippen LogP contribution in [0.5, 0.6) is 11.5 Å². The zero-order valence-electron chi connectivity index (χ0n) is 21.6. The maximum atomic E-state index is 13.4. The van der Waals surface area contributed by atoms with Gasteiger partial charge in [0.05, 0.1) is 41.4 Å². The summed E-state index contributed by atoms with van der Waals surface area (Å²) >= 11 is 0. The minimum absolute atomic E-state index is 0.0425. The summed E-state index contributed by atoms with van der Waals surface area (Å²) in [7, 11) is 1.47. The summed E-state index contributed by atoms with van der Waals surface area (Å²) in [5.74, 6) is 0.760. The molecule has 0 bridgehead atoms. The standard InChI is InChI=1S/C31H21F3N4O3/c1-40-28-15-20(13-14-27(28)41-19-23-8-3-2-7-22(23)17-35)18-36-38-29(21-9-6-10-24(16-21)31(32,33)34)37-26-12-5-4-11-25(26)30(38)39/h2-16,18H,19H2,1H3. The fourth-order valence-electron chi connectivity index (χ4n) is 4.17. The lowest BCUT2D eigenvalue weighted by Gasteiger charge is -2.13. The topological polar surface area (TPSA) is 89.5 Å². The highest BCUT2D eigenvalue weighted by molar-refractivity contribution is 5.82. The first kappa shape index (κ1) is 27.1. The molecule has 0 spiro atoms. The monoisotopic (exact) mass is 554 g/mol. The molecule has 0 fully saturated rings. The number of nitrogens with zero attached hydrogens (tertiary/aromatic N) is 4. The summed E-state index contributed by atoms with van der Waals surface area (Å²) in [4.78, 5) is 17.9. The van der Waals surface area contributed by atoms with E-state index in [4.69, 9.17) is 9.47 Å². The van der Waals surface area contributed by atoms with Gasteiger partial charge in [-0.15, -0.1) is 0 Å². The van der Waals surface area contributed by atoms with Gasteiger partial charge in [-0.2, -0.15) is 28.2 Å². The normalized spacial score (nSPS) is 11.5. The van der Waals surface area contributed by atoms with Crippen molar-refractivity contribution in [3.63, 3.8) is 0 Å². The smallest absolute Gasteiger partial charge is 0.416 e. The van der Waals surface area contributed by atoms with Crippen LogP contribution in [0.25, 0.3) is 22.3 Å². The van der Waals surface area contributed by atoms with Crippen LogP contribution >= 0.6 is 0 Å². The highest BCUT2D eigenvalue weighted by Gasteiger charge is 2.31. The number of halogens is 3. The largest absolute Gasteiger partial charge is 0.493 e. The van der Waals surface area contributed by atoms with Crippen molar-refractivity contribution in [1.82, 2.24) is 9.66 Å². The molecule has 0 saturated carbocycles. The highest BCUT2D eigenvalue weighted by atomic mass is 19.4. The van der Waals surface area contributed by atoms with Crippen LogP contribution in [0, 0.1) is 11.3 Å². The van der Waals surface area contributed by atoms with E-state index in [0.717, 1.165) is 16.8 Å². The number of methoxy groups -OCH3 is 1. The SMILES string of the molecule is COc1cc(C=Nn2c(-c3cccc(C(F)(F)F)c3)nc3ccccc3c2=O)ccc1OCc1ccccc1C#N. The number of benzene rings is 4. The fraction of sp³-hybridized carbons (Fsp3) is 0.0968. The van der Waals surface area contributed by atoms with Crippen LogP contribution in [0.3, 0.4) is 0 Å². The lowest BCUT2D eigenvalue weighted by molar-refractivity contribution is -0.137. The molecule has 7 nitrogen and oxygen atoms in total. The zero-order valence-corrected chi connectivity index (χ0v) is 21.6. The second-order valence-corrected chi connectivity index (χ2v) is 8.86. The van der Waals surface area contributed by atoms with Crippen molar-refractivity contribution in [1.29, 1.82) is 5.26 Å². The van der Waals surface area contributed by atoms with Crippen LogP contribution in [0.1, 0.15) is 22.3 Å². The summed E-state index contributed by atoms with van der Waals surface area (Å²) in [6.45, 7) is 0.145. The summed E-state index contributed by atoms with van der Waals surface area (Å²) < 4.78 is 52.6. The number of aromatic nitrogens is 2. The third-order valence-electron chi connectivity index (χ3n) is 6.23. The lowest BCUT2D eigenvalue weighted by atomic mass is 10.1. The Morgan fingerprint density at radius 2 is 1.76 bits per heavy atom. The molecule has 0 unspecified atom stereocenters. The van der Waals surface area contributed by atoms with E-state index in [9.17, 15) is 23.2 Å². The van der Waals surface area contributed by atoms with E-state index in [1.807, 2.05) is 6.07 Å². The Labute approximate surface area is 232 Å². The maximum absolute atomic E-state index is 13.4. The van der Waals surface area contributed by atoms with Gasteiger partial charge in [0.15, 0.2) is 17.3 Å². The molecule has 1 heterocycles. The van der Waals surface area contributed by atoms with Crippen LogP contribution in [0.4, 0.5) is 13.2 Å². The van der Waals surface area contributed by atoms with Gasteiger partial charge in [0, 0.05) is 11.1 Å². The molecule has 5 aromatic rings. The summed E-state index contributed by atoms with van der Waals surface area (Å²) in [6, 6.07) is 25.3. The van der Waals surface area contributed by atoms with Crippen molar-refractivity contribution in [3.05, 3.63) is 124 Å². The Balaban J connectivity index is 1.52. The Hall–Kier alpha value is -5.43. The summed E-state index contributed by atoms with van der Waals surface area (Å²) in [5, 5.41) is 13.9. The lowest BCUT2D eigenvalue weighted by Crippen LogP contribution is -2.20. The molecule has 0 aliphatic rings. The van der Waals surface area contributed by atoms with Gasteiger partial charge in [-0.3, -0.25) is 4.79 Å². The predicted molar refractivity (Wildman–Crippen MR) is 148 cm³/mol. The number of fused-ring (bicyclic) bond motifs is 1. The molecule has 4 aromatic carbocycles. The van der Waals surface area contributed by atoms with E-state index in [0.29, 0.717) is 33.7 Å². The Kier molecular flexibility index (Phi) is 7.52. The van der Waals surface area contributed by atoms with Gasteiger partial charge >= 0.3 is 6.18 Å². The first-order valence-electron chi connectivity index (χ1n) is 12.3. The molecule has 0 saturated heterocycles. The van der Waals surface area contributed by atoms with Gasteiger partial charge in [-0.25, -0.2) is 4.98 Å². The minimum atomic E-state index is -4.57. The second kappa shape index (κ2) is 11.4. The molecule has 1 aromatic heterocycles. The predicted octanol–water partition coefficient (Wildman–Crippen LogP) is 6.42. The molecule has 41 heavy (non-hydrogen) atoms. The summed E-state index contributed by atoms with van der Waals surface area (Å²) in [6.07, 6.45) is -3.19. The minimum Gasteiger partial charge on any atom is -0.493 e. The van der Waals surface area contributed by atoms with Crippen LogP contribution in [-0.4, -0.2) is 23.0 Å². The van der Waals surface area contributed by atoms with Gasteiger partial charge in [0.2, 0.25) is 0 Å². The molecular weight excluding hydrogens is 533 g/mol.